The summed E-state index contributed by atoms with van der Waals surface area (Å²) < 4.78 is 30.9. The first-order valence-corrected chi connectivity index (χ1v) is 10.9. The summed E-state index contributed by atoms with van der Waals surface area (Å²) in [6, 6.07) is 13.4. The lowest BCUT2D eigenvalue weighted by Crippen LogP contribution is -2.34. The zero-order valence-corrected chi connectivity index (χ0v) is 17.1. The minimum atomic E-state index is -3.94. The topological polar surface area (TPSA) is 101 Å². The van der Waals surface area contributed by atoms with Crippen LogP contribution in [-0.4, -0.2) is 50.2 Å². The van der Waals surface area contributed by atoms with Gasteiger partial charge in [0.1, 0.15) is 11.5 Å². The van der Waals surface area contributed by atoms with Crippen molar-refractivity contribution in [2.75, 3.05) is 24.6 Å². The minimum Gasteiger partial charge on any atom is -0.463 e. The van der Waals surface area contributed by atoms with Gasteiger partial charge in [-0.1, -0.05) is 29.8 Å². The van der Waals surface area contributed by atoms with Crippen LogP contribution in [0.1, 0.15) is 22.3 Å². The van der Waals surface area contributed by atoms with Gasteiger partial charge >= 0.3 is 5.97 Å². The molecule has 30 heavy (non-hydrogen) atoms. The zero-order chi connectivity index (χ0) is 21.5. The maximum Gasteiger partial charge on any atom is 0.311 e. The number of ether oxygens (including phenoxy) is 1. The second kappa shape index (κ2) is 7.56. The van der Waals surface area contributed by atoms with Gasteiger partial charge in [-0.25, -0.2) is 12.7 Å². The molecule has 0 aliphatic carbocycles. The normalized spacial score (nSPS) is 19.8. The number of rotatable bonds is 5. The number of nitrogens with zero attached hydrogens (tertiary/aromatic N) is 2. The SMILES string of the molecule is Cc1ccc(N2CC(C(=O)OCCN3C(=O)c4ccccc4S3(=O)=O)CC2=O)cc1. The van der Waals surface area contributed by atoms with E-state index in [9.17, 15) is 22.8 Å². The molecule has 2 aromatic carbocycles. The summed E-state index contributed by atoms with van der Waals surface area (Å²) in [5.41, 5.74) is 1.89. The molecule has 0 aromatic heterocycles. The van der Waals surface area contributed by atoms with E-state index in [4.69, 9.17) is 4.74 Å². The summed E-state index contributed by atoms with van der Waals surface area (Å²) >= 11 is 0. The van der Waals surface area contributed by atoms with Gasteiger partial charge in [0.15, 0.2) is 0 Å². The monoisotopic (exact) mass is 428 g/mol. The fourth-order valence-electron chi connectivity index (χ4n) is 3.64. The van der Waals surface area contributed by atoms with E-state index < -0.39 is 27.8 Å². The third kappa shape index (κ3) is 3.45. The lowest BCUT2D eigenvalue weighted by atomic mass is 10.1. The Bertz CT molecular complexity index is 1130. The molecule has 8 nitrogen and oxygen atoms in total. The van der Waals surface area contributed by atoms with E-state index in [0.29, 0.717) is 9.99 Å². The molecule has 0 radical (unpaired) electrons. The molecular formula is C21H20N2O6S. The first kappa shape index (κ1) is 20.1. The Hall–Kier alpha value is -3.20. The lowest BCUT2D eigenvalue weighted by molar-refractivity contribution is -0.148. The Labute approximate surface area is 174 Å². The molecule has 156 valence electrons. The van der Waals surface area contributed by atoms with Gasteiger partial charge in [0.2, 0.25) is 5.91 Å². The van der Waals surface area contributed by atoms with Crippen molar-refractivity contribution in [2.45, 2.75) is 18.2 Å². The van der Waals surface area contributed by atoms with E-state index in [2.05, 4.69) is 0 Å². The van der Waals surface area contributed by atoms with Crippen LogP contribution >= 0.6 is 0 Å². The van der Waals surface area contributed by atoms with Crippen molar-refractivity contribution < 1.29 is 27.5 Å². The van der Waals surface area contributed by atoms with Crippen LogP contribution in [0.25, 0.3) is 0 Å². The highest BCUT2D eigenvalue weighted by atomic mass is 32.2. The van der Waals surface area contributed by atoms with Gasteiger partial charge in [-0.2, -0.15) is 0 Å². The van der Waals surface area contributed by atoms with Crippen LogP contribution in [-0.2, 0) is 24.3 Å². The molecule has 2 aliphatic rings. The van der Waals surface area contributed by atoms with E-state index in [1.807, 2.05) is 31.2 Å². The van der Waals surface area contributed by atoms with Crippen LogP contribution in [0.2, 0.25) is 0 Å². The lowest BCUT2D eigenvalue weighted by Gasteiger charge is -2.17. The number of hydrogen-bond acceptors (Lipinski definition) is 6. The summed E-state index contributed by atoms with van der Waals surface area (Å²) in [4.78, 5) is 38.6. The van der Waals surface area contributed by atoms with Gasteiger partial charge < -0.3 is 9.64 Å². The highest BCUT2D eigenvalue weighted by molar-refractivity contribution is 7.90. The molecule has 0 saturated carbocycles. The molecule has 2 amide bonds. The fourth-order valence-corrected chi connectivity index (χ4v) is 5.19. The summed E-state index contributed by atoms with van der Waals surface area (Å²) in [6.45, 7) is 1.60. The molecule has 2 heterocycles. The number of esters is 1. The standard InChI is InChI=1S/C21H20N2O6S/c1-14-6-8-16(9-7-14)22-13-15(12-19(22)24)21(26)29-11-10-23-20(25)17-4-2-3-5-18(17)30(23,27)28/h2-9,15H,10-13H2,1H3. The molecule has 4 rings (SSSR count). The second-order valence-electron chi connectivity index (χ2n) is 7.29. The number of benzene rings is 2. The number of aryl methyl sites for hydroxylation is 1. The first-order chi connectivity index (χ1) is 14.3. The van der Waals surface area contributed by atoms with Crippen LogP contribution in [0.15, 0.2) is 53.4 Å². The smallest absolute Gasteiger partial charge is 0.311 e. The predicted molar refractivity (Wildman–Crippen MR) is 107 cm³/mol. The van der Waals surface area contributed by atoms with Gasteiger partial charge in [0.25, 0.3) is 15.9 Å². The van der Waals surface area contributed by atoms with Crippen molar-refractivity contribution in [3.05, 3.63) is 59.7 Å². The van der Waals surface area contributed by atoms with Gasteiger partial charge in [0, 0.05) is 18.7 Å². The molecular weight excluding hydrogens is 408 g/mol. The number of carbonyl (C=O) groups is 3. The minimum absolute atomic E-state index is 0.0269. The number of amides is 2. The van der Waals surface area contributed by atoms with E-state index in [1.54, 1.807) is 12.1 Å². The molecule has 2 aliphatic heterocycles. The van der Waals surface area contributed by atoms with Gasteiger partial charge in [-0.05, 0) is 31.2 Å². The van der Waals surface area contributed by atoms with Crippen molar-refractivity contribution in [3.8, 4) is 0 Å². The van der Waals surface area contributed by atoms with Crippen molar-refractivity contribution in [1.29, 1.82) is 0 Å². The Morgan fingerprint density at radius 1 is 1.10 bits per heavy atom. The highest BCUT2D eigenvalue weighted by Gasteiger charge is 2.41. The van der Waals surface area contributed by atoms with E-state index in [-0.39, 0.29) is 42.5 Å². The first-order valence-electron chi connectivity index (χ1n) is 9.49. The third-order valence-electron chi connectivity index (χ3n) is 5.25. The summed E-state index contributed by atoms with van der Waals surface area (Å²) in [7, 11) is -3.94. The number of fused-ring (bicyclic) bond motifs is 1. The van der Waals surface area contributed by atoms with Crippen LogP contribution in [0, 0.1) is 12.8 Å². The maximum absolute atomic E-state index is 12.5. The molecule has 1 fully saturated rings. The number of hydrogen-bond donors (Lipinski definition) is 0. The molecule has 1 unspecified atom stereocenters. The molecule has 1 atom stereocenters. The molecule has 1 saturated heterocycles. The third-order valence-corrected chi connectivity index (χ3v) is 7.10. The average Bonchev–Trinajstić information content (AvgIpc) is 3.20. The molecule has 9 heteroatoms. The average molecular weight is 428 g/mol. The Morgan fingerprint density at radius 2 is 1.80 bits per heavy atom. The molecule has 0 N–H and O–H groups in total. The maximum atomic E-state index is 12.5. The van der Waals surface area contributed by atoms with E-state index in [0.717, 1.165) is 5.56 Å². The number of anilines is 1. The van der Waals surface area contributed by atoms with E-state index >= 15 is 0 Å². The predicted octanol–water partition coefficient (Wildman–Crippen LogP) is 1.74. The summed E-state index contributed by atoms with van der Waals surface area (Å²) in [5.74, 6) is -2.03. The summed E-state index contributed by atoms with van der Waals surface area (Å²) in [6.07, 6.45) is 0.0269. The van der Waals surface area contributed by atoms with Crippen molar-refractivity contribution in [1.82, 2.24) is 4.31 Å². The molecule has 0 bridgehead atoms. The fraction of sp³-hybridized carbons (Fsp3) is 0.286. The highest BCUT2D eigenvalue weighted by Crippen LogP contribution is 2.30. The Kier molecular flexibility index (Phi) is 5.07. The summed E-state index contributed by atoms with van der Waals surface area (Å²) in [5, 5.41) is 0. The Balaban J connectivity index is 1.35. The second-order valence-corrected chi connectivity index (χ2v) is 9.12. The molecule has 2 aromatic rings. The van der Waals surface area contributed by atoms with Crippen LogP contribution in [0.5, 0.6) is 0 Å². The Morgan fingerprint density at radius 3 is 2.50 bits per heavy atom. The van der Waals surface area contributed by atoms with Gasteiger partial charge in [0.05, 0.1) is 18.0 Å². The van der Waals surface area contributed by atoms with Crippen molar-refractivity contribution in [3.63, 3.8) is 0 Å². The number of sulfonamides is 1. The van der Waals surface area contributed by atoms with Gasteiger partial charge in [-0.15, -0.1) is 0 Å². The molecule has 0 spiro atoms. The quantitative estimate of drug-likeness (QED) is 0.673. The zero-order valence-electron chi connectivity index (χ0n) is 16.3. The van der Waals surface area contributed by atoms with Gasteiger partial charge in [-0.3, -0.25) is 14.4 Å². The van der Waals surface area contributed by atoms with Crippen LogP contribution in [0.3, 0.4) is 0 Å². The van der Waals surface area contributed by atoms with Crippen LogP contribution < -0.4 is 4.90 Å². The number of carbonyl (C=O) groups excluding carboxylic acids is 3. The van der Waals surface area contributed by atoms with Crippen molar-refractivity contribution >= 4 is 33.5 Å². The van der Waals surface area contributed by atoms with Crippen LogP contribution in [0.4, 0.5) is 5.69 Å². The van der Waals surface area contributed by atoms with E-state index in [1.165, 1.54) is 17.0 Å². The van der Waals surface area contributed by atoms with Crippen molar-refractivity contribution in [2.24, 2.45) is 5.92 Å². The largest absolute Gasteiger partial charge is 0.463 e.